The summed E-state index contributed by atoms with van der Waals surface area (Å²) < 4.78 is 14.2. The van der Waals surface area contributed by atoms with Crippen molar-refractivity contribution in [2.45, 2.75) is 33.0 Å². The van der Waals surface area contributed by atoms with Crippen molar-refractivity contribution in [1.29, 1.82) is 0 Å². The van der Waals surface area contributed by atoms with Gasteiger partial charge in [0.15, 0.2) is 0 Å². The van der Waals surface area contributed by atoms with Crippen LogP contribution < -0.4 is 5.73 Å². The summed E-state index contributed by atoms with van der Waals surface area (Å²) in [5.41, 5.74) is 6.77. The van der Waals surface area contributed by atoms with Crippen molar-refractivity contribution in [3.05, 3.63) is 57.5 Å². The van der Waals surface area contributed by atoms with Crippen molar-refractivity contribution >= 4 is 28.5 Å². The van der Waals surface area contributed by atoms with E-state index in [2.05, 4.69) is 30.2 Å². The Morgan fingerprint density at radius 2 is 2.10 bits per heavy atom. The van der Waals surface area contributed by atoms with Crippen molar-refractivity contribution in [2.75, 3.05) is 0 Å². The van der Waals surface area contributed by atoms with Gasteiger partial charge < -0.3 is 5.73 Å². The highest BCUT2D eigenvalue weighted by Gasteiger charge is 2.14. The zero-order valence-electron chi connectivity index (χ0n) is 12.2. The molecule has 2 nitrogen and oxygen atoms in total. The third-order valence-electron chi connectivity index (χ3n) is 3.38. The quantitative estimate of drug-likeness (QED) is 0.817. The maximum absolute atomic E-state index is 14.2. The summed E-state index contributed by atoms with van der Waals surface area (Å²) in [6.45, 7) is 5.63. The van der Waals surface area contributed by atoms with E-state index in [0.29, 0.717) is 23.7 Å². The van der Waals surface area contributed by atoms with Gasteiger partial charge in [-0.1, -0.05) is 30.4 Å². The largest absolute Gasteiger partial charge is 0.389 e. The highest BCUT2D eigenvalue weighted by Crippen LogP contribution is 2.19. The summed E-state index contributed by atoms with van der Waals surface area (Å²) >= 11 is 6.59. The lowest BCUT2D eigenvalue weighted by molar-refractivity contribution is 0.203. The Kier molecular flexibility index (Phi) is 5.45. The van der Waals surface area contributed by atoms with E-state index < -0.39 is 0 Å². The summed E-state index contributed by atoms with van der Waals surface area (Å²) in [5.74, 6) is -0.253. The predicted octanol–water partition coefficient (Wildman–Crippen LogP) is 3.93. The average molecular weight is 322 g/mol. The second-order valence-electron chi connectivity index (χ2n) is 5.25. The summed E-state index contributed by atoms with van der Waals surface area (Å²) in [5, 5.41) is 2.06. The van der Waals surface area contributed by atoms with Gasteiger partial charge in [-0.05, 0) is 31.4 Å². The van der Waals surface area contributed by atoms with Crippen LogP contribution in [0.3, 0.4) is 0 Å². The first-order valence-electron chi connectivity index (χ1n) is 6.82. The number of halogens is 1. The molecule has 1 heterocycles. The first kappa shape index (κ1) is 16.1. The zero-order chi connectivity index (χ0) is 15.4. The van der Waals surface area contributed by atoms with E-state index in [1.807, 2.05) is 6.07 Å². The molecule has 1 aromatic carbocycles. The molecule has 0 saturated carbocycles. The minimum atomic E-state index is -0.253. The van der Waals surface area contributed by atoms with E-state index in [1.165, 1.54) is 10.9 Å². The number of thiophene rings is 1. The number of hydrogen-bond donors (Lipinski definition) is 1. The van der Waals surface area contributed by atoms with Gasteiger partial charge in [-0.15, -0.1) is 11.3 Å². The van der Waals surface area contributed by atoms with Gasteiger partial charge in [0.1, 0.15) is 10.8 Å². The van der Waals surface area contributed by atoms with Crippen molar-refractivity contribution in [3.63, 3.8) is 0 Å². The molecule has 112 valence electrons. The van der Waals surface area contributed by atoms with Gasteiger partial charge in [0.2, 0.25) is 0 Å². The standard InChI is InChI=1S/C16H19FN2S2/c1-11(2)19(10-14-4-3-7-21-14)9-13-6-5-12(16(18)20)8-15(13)17/h3-8,11H,9-10H2,1-2H3,(H2,18,20). The van der Waals surface area contributed by atoms with Gasteiger partial charge in [0, 0.05) is 35.1 Å². The molecule has 2 N–H and O–H groups in total. The molecule has 0 fully saturated rings. The van der Waals surface area contributed by atoms with Gasteiger partial charge in [-0.3, -0.25) is 4.90 Å². The zero-order valence-corrected chi connectivity index (χ0v) is 13.8. The molecule has 0 unspecified atom stereocenters. The van der Waals surface area contributed by atoms with Crippen LogP contribution in [0.5, 0.6) is 0 Å². The molecule has 0 radical (unpaired) electrons. The average Bonchev–Trinajstić information content (AvgIpc) is 2.92. The van der Waals surface area contributed by atoms with E-state index in [-0.39, 0.29) is 10.8 Å². The summed E-state index contributed by atoms with van der Waals surface area (Å²) in [7, 11) is 0. The molecule has 2 rings (SSSR count). The van der Waals surface area contributed by atoms with Crippen molar-refractivity contribution in [1.82, 2.24) is 4.90 Å². The fourth-order valence-corrected chi connectivity index (χ4v) is 2.93. The molecule has 0 aliphatic carbocycles. The Bertz CT molecular complexity index is 609. The van der Waals surface area contributed by atoms with Crippen LogP contribution in [-0.2, 0) is 13.1 Å². The Morgan fingerprint density at radius 1 is 1.33 bits per heavy atom. The van der Waals surface area contributed by atoms with Crippen LogP contribution in [0.2, 0.25) is 0 Å². The molecule has 21 heavy (non-hydrogen) atoms. The molecule has 0 aliphatic heterocycles. The fourth-order valence-electron chi connectivity index (χ4n) is 2.07. The first-order valence-corrected chi connectivity index (χ1v) is 8.11. The molecule has 0 amide bonds. The summed E-state index contributed by atoms with van der Waals surface area (Å²) in [6.07, 6.45) is 0. The molecule has 0 atom stereocenters. The third kappa shape index (κ3) is 4.33. The maximum Gasteiger partial charge on any atom is 0.128 e. The Morgan fingerprint density at radius 3 is 2.62 bits per heavy atom. The predicted molar refractivity (Wildman–Crippen MR) is 91.0 cm³/mol. The number of thiocarbonyl (C=S) groups is 1. The maximum atomic E-state index is 14.2. The molecule has 0 bridgehead atoms. The van der Waals surface area contributed by atoms with Crippen LogP contribution in [0.1, 0.15) is 29.9 Å². The van der Waals surface area contributed by atoms with Gasteiger partial charge in [-0.2, -0.15) is 0 Å². The minimum Gasteiger partial charge on any atom is -0.389 e. The SMILES string of the molecule is CC(C)N(Cc1cccs1)Cc1ccc(C(N)=S)cc1F. The molecule has 0 saturated heterocycles. The molecular weight excluding hydrogens is 303 g/mol. The topological polar surface area (TPSA) is 29.3 Å². The molecule has 0 aliphatic rings. The minimum absolute atomic E-state index is 0.222. The van der Waals surface area contributed by atoms with Gasteiger partial charge in [-0.25, -0.2) is 4.39 Å². The Hall–Kier alpha value is -1.30. The normalized spacial score (nSPS) is 11.3. The Labute approximate surface area is 134 Å². The lowest BCUT2D eigenvalue weighted by Gasteiger charge is -2.26. The summed E-state index contributed by atoms with van der Waals surface area (Å²) in [6, 6.07) is 9.45. The molecule has 1 aromatic heterocycles. The second kappa shape index (κ2) is 7.11. The molecule has 5 heteroatoms. The van der Waals surface area contributed by atoms with Crippen molar-refractivity contribution in [2.24, 2.45) is 5.73 Å². The van der Waals surface area contributed by atoms with Gasteiger partial charge in [0.05, 0.1) is 0 Å². The van der Waals surface area contributed by atoms with E-state index in [9.17, 15) is 4.39 Å². The number of nitrogens with two attached hydrogens (primary N) is 1. The number of rotatable bonds is 6. The Balaban J connectivity index is 2.15. The van der Waals surface area contributed by atoms with Crippen LogP contribution in [0.25, 0.3) is 0 Å². The first-order chi connectivity index (χ1) is 9.97. The smallest absolute Gasteiger partial charge is 0.128 e. The van der Waals surface area contributed by atoms with Gasteiger partial charge >= 0.3 is 0 Å². The fraction of sp³-hybridized carbons (Fsp3) is 0.312. The monoisotopic (exact) mass is 322 g/mol. The molecule has 0 spiro atoms. The number of hydrogen-bond acceptors (Lipinski definition) is 3. The van der Waals surface area contributed by atoms with Crippen LogP contribution in [0.15, 0.2) is 35.7 Å². The molecule has 2 aromatic rings. The van der Waals surface area contributed by atoms with E-state index >= 15 is 0 Å². The van der Waals surface area contributed by atoms with E-state index in [4.69, 9.17) is 18.0 Å². The highest BCUT2D eigenvalue weighted by atomic mass is 32.1. The highest BCUT2D eigenvalue weighted by molar-refractivity contribution is 7.80. The third-order valence-corrected chi connectivity index (χ3v) is 4.48. The number of nitrogens with zero attached hydrogens (tertiary/aromatic N) is 1. The van der Waals surface area contributed by atoms with Gasteiger partial charge in [0.25, 0.3) is 0 Å². The lowest BCUT2D eigenvalue weighted by Crippen LogP contribution is -2.30. The van der Waals surface area contributed by atoms with Crippen LogP contribution in [0.4, 0.5) is 4.39 Å². The van der Waals surface area contributed by atoms with Crippen LogP contribution in [0, 0.1) is 5.82 Å². The van der Waals surface area contributed by atoms with E-state index in [0.717, 1.165) is 6.54 Å². The van der Waals surface area contributed by atoms with Crippen molar-refractivity contribution in [3.8, 4) is 0 Å². The van der Waals surface area contributed by atoms with Crippen LogP contribution in [-0.4, -0.2) is 15.9 Å². The van der Waals surface area contributed by atoms with Crippen molar-refractivity contribution < 1.29 is 4.39 Å². The lowest BCUT2D eigenvalue weighted by atomic mass is 10.1. The molecular formula is C16H19FN2S2. The van der Waals surface area contributed by atoms with E-state index in [1.54, 1.807) is 23.5 Å². The summed E-state index contributed by atoms with van der Waals surface area (Å²) in [4.78, 5) is 3.74. The number of benzene rings is 1. The van der Waals surface area contributed by atoms with Crippen LogP contribution >= 0.6 is 23.6 Å². The second-order valence-corrected chi connectivity index (χ2v) is 6.72.